The third-order valence-corrected chi connectivity index (χ3v) is 8.08. The molecule has 0 spiro atoms. The molecule has 4 nitrogen and oxygen atoms in total. The summed E-state index contributed by atoms with van der Waals surface area (Å²) < 4.78 is 0. The minimum absolute atomic E-state index is 0.150. The van der Waals surface area contributed by atoms with Crippen LogP contribution in [0.1, 0.15) is 41.3 Å². The average molecular weight is 410 g/mol. The zero-order valence-electron chi connectivity index (χ0n) is 16.0. The summed E-state index contributed by atoms with van der Waals surface area (Å²) >= 11 is 3.41. The Bertz CT molecular complexity index is 1050. The maximum atomic E-state index is 13.1. The van der Waals surface area contributed by atoms with Crippen LogP contribution in [0.25, 0.3) is 10.2 Å². The molecule has 3 aromatic rings. The quantitative estimate of drug-likeness (QED) is 0.467. The molecule has 1 amide bonds. The van der Waals surface area contributed by atoms with Crippen molar-refractivity contribution in [2.45, 2.75) is 55.8 Å². The van der Waals surface area contributed by atoms with Gasteiger partial charge in [-0.1, -0.05) is 36.0 Å². The lowest BCUT2D eigenvalue weighted by atomic mass is 9.97. The van der Waals surface area contributed by atoms with Crippen molar-refractivity contribution < 1.29 is 4.79 Å². The van der Waals surface area contributed by atoms with Gasteiger partial charge in [-0.05, 0) is 55.7 Å². The number of thiophene rings is 1. The number of rotatable bonds is 3. The van der Waals surface area contributed by atoms with E-state index in [9.17, 15) is 4.79 Å². The van der Waals surface area contributed by atoms with E-state index in [-0.39, 0.29) is 11.2 Å². The third kappa shape index (κ3) is 3.22. The number of thioether (sulfide) groups is 1. The van der Waals surface area contributed by atoms with Crippen LogP contribution in [0.2, 0.25) is 0 Å². The highest BCUT2D eigenvalue weighted by molar-refractivity contribution is 8.00. The van der Waals surface area contributed by atoms with Gasteiger partial charge in [0.25, 0.3) is 0 Å². The van der Waals surface area contributed by atoms with Crippen LogP contribution in [0.5, 0.6) is 0 Å². The van der Waals surface area contributed by atoms with Gasteiger partial charge in [0.2, 0.25) is 5.91 Å². The first-order chi connectivity index (χ1) is 13.7. The van der Waals surface area contributed by atoms with E-state index in [1.54, 1.807) is 18.1 Å². The Balaban J connectivity index is 1.38. The molecule has 1 unspecified atom stereocenters. The SMILES string of the molecule is CC(Sc1ncnc2sc3c(c12)CCCC3)C(=O)N1CCc2ccccc2C1. The van der Waals surface area contributed by atoms with Crippen LogP contribution in [0.4, 0.5) is 0 Å². The summed E-state index contributed by atoms with van der Waals surface area (Å²) in [4.78, 5) is 26.8. The number of aryl methyl sites for hydroxylation is 2. The topological polar surface area (TPSA) is 46.1 Å². The molecule has 1 aliphatic heterocycles. The number of benzene rings is 1. The predicted octanol–water partition coefficient (Wildman–Crippen LogP) is 4.64. The molecule has 28 heavy (non-hydrogen) atoms. The van der Waals surface area contributed by atoms with E-state index >= 15 is 0 Å². The maximum Gasteiger partial charge on any atom is 0.236 e. The summed E-state index contributed by atoms with van der Waals surface area (Å²) in [7, 11) is 0. The Morgan fingerprint density at radius 3 is 2.86 bits per heavy atom. The van der Waals surface area contributed by atoms with E-state index in [4.69, 9.17) is 0 Å². The molecule has 1 aliphatic carbocycles. The molecule has 144 valence electrons. The van der Waals surface area contributed by atoms with Crippen LogP contribution >= 0.6 is 23.1 Å². The van der Waals surface area contributed by atoms with Crippen molar-refractivity contribution in [1.29, 1.82) is 0 Å². The zero-order chi connectivity index (χ0) is 19.1. The standard InChI is InChI=1S/C22H23N3OS2/c1-14(22(26)25-11-10-15-6-2-3-7-16(15)12-25)27-20-19-17-8-4-5-9-18(17)28-21(19)24-13-23-20/h2-3,6-7,13-14H,4-5,8-12H2,1H3. The van der Waals surface area contributed by atoms with E-state index in [0.29, 0.717) is 6.54 Å². The Morgan fingerprint density at radius 2 is 1.96 bits per heavy atom. The molecule has 2 aliphatic rings. The number of carbonyl (C=O) groups excluding carboxylic acids is 1. The minimum atomic E-state index is -0.150. The van der Waals surface area contributed by atoms with E-state index in [1.807, 2.05) is 23.2 Å². The molecule has 0 saturated heterocycles. The van der Waals surface area contributed by atoms with Gasteiger partial charge in [-0.25, -0.2) is 9.97 Å². The molecular formula is C22H23N3OS2. The zero-order valence-corrected chi connectivity index (χ0v) is 17.6. The van der Waals surface area contributed by atoms with Crippen LogP contribution in [0.15, 0.2) is 35.6 Å². The molecule has 1 atom stereocenters. The first kappa shape index (κ1) is 18.1. The lowest BCUT2D eigenvalue weighted by molar-refractivity contribution is -0.131. The normalized spacial score (nSPS) is 17.2. The Kier molecular flexibility index (Phi) is 4.85. The monoisotopic (exact) mass is 409 g/mol. The molecule has 3 heterocycles. The summed E-state index contributed by atoms with van der Waals surface area (Å²) in [5.74, 6) is 0.204. The highest BCUT2D eigenvalue weighted by Gasteiger charge is 2.27. The summed E-state index contributed by atoms with van der Waals surface area (Å²) in [5, 5.41) is 2.03. The lowest BCUT2D eigenvalue weighted by Crippen LogP contribution is -2.40. The second kappa shape index (κ2) is 7.48. The first-order valence-corrected chi connectivity index (χ1v) is 11.7. The largest absolute Gasteiger partial charge is 0.337 e. The Hall–Kier alpha value is -1.92. The van der Waals surface area contributed by atoms with Gasteiger partial charge in [-0.2, -0.15) is 0 Å². The predicted molar refractivity (Wildman–Crippen MR) is 115 cm³/mol. The van der Waals surface area contributed by atoms with Crippen molar-refractivity contribution in [1.82, 2.24) is 14.9 Å². The molecule has 0 radical (unpaired) electrons. The summed E-state index contributed by atoms with van der Waals surface area (Å²) in [5.41, 5.74) is 4.07. The van der Waals surface area contributed by atoms with Gasteiger partial charge >= 0.3 is 0 Å². The van der Waals surface area contributed by atoms with Crippen LogP contribution in [0.3, 0.4) is 0 Å². The molecule has 0 bridgehead atoms. The number of hydrogen-bond donors (Lipinski definition) is 0. The van der Waals surface area contributed by atoms with Gasteiger partial charge in [0, 0.05) is 23.4 Å². The molecule has 1 aromatic carbocycles. The van der Waals surface area contributed by atoms with Crippen LogP contribution in [-0.2, 0) is 30.6 Å². The lowest BCUT2D eigenvalue weighted by Gasteiger charge is -2.30. The van der Waals surface area contributed by atoms with E-state index < -0.39 is 0 Å². The van der Waals surface area contributed by atoms with Crippen molar-refractivity contribution in [3.8, 4) is 0 Å². The van der Waals surface area contributed by atoms with Gasteiger partial charge in [-0.3, -0.25) is 4.79 Å². The van der Waals surface area contributed by atoms with Gasteiger partial charge in [0.05, 0.1) is 5.25 Å². The molecule has 6 heteroatoms. The molecule has 5 rings (SSSR count). The number of hydrogen-bond acceptors (Lipinski definition) is 5. The number of amides is 1. The molecular weight excluding hydrogens is 386 g/mol. The van der Waals surface area contributed by atoms with Gasteiger partial charge in [0.15, 0.2) is 0 Å². The van der Waals surface area contributed by atoms with Crippen molar-refractivity contribution in [3.05, 3.63) is 52.2 Å². The fourth-order valence-corrected chi connectivity index (χ4v) is 6.63. The third-order valence-electron chi connectivity index (χ3n) is 5.80. The Morgan fingerprint density at radius 1 is 1.14 bits per heavy atom. The van der Waals surface area contributed by atoms with Gasteiger partial charge in [0.1, 0.15) is 16.2 Å². The smallest absolute Gasteiger partial charge is 0.236 e. The highest BCUT2D eigenvalue weighted by atomic mass is 32.2. The van der Waals surface area contributed by atoms with E-state index in [1.165, 1.54) is 39.8 Å². The van der Waals surface area contributed by atoms with Gasteiger partial charge in [-0.15, -0.1) is 11.3 Å². The second-order valence-electron chi connectivity index (χ2n) is 7.61. The van der Waals surface area contributed by atoms with Crippen molar-refractivity contribution in [2.75, 3.05) is 6.54 Å². The van der Waals surface area contributed by atoms with E-state index in [2.05, 4.69) is 34.2 Å². The molecule has 0 N–H and O–H groups in total. The molecule has 0 saturated carbocycles. The van der Waals surface area contributed by atoms with Gasteiger partial charge < -0.3 is 4.90 Å². The fourth-order valence-electron chi connectivity index (χ4n) is 4.31. The number of nitrogens with zero attached hydrogens (tertiary/aromatic N) is 3. The molecule has 2 aromatic heterocycles. The second-order valence-corrected chi connectivity index (χ2v) is 10.0. The van der Waals surface area contributed by atoms with E-state index in [0.717, 1.165) is 35.7 Å². The maximum absolute atomic E-state index is 13.1. The van der Waals surface area contributed by atoms with Crippen LogP contribution in [-0.4, -0.2) is 32.6 Å². The number of aromatic nitrogens is 2. The fraction of sp³-hybridized carbons (Fsp3) is 0.409. The number of fused-ring (bicyclic) bond motifs is 4. The summed E-state index contributed by atoms with van der Waals surface area (Å²) in [6, 6.07) is 8.45. The average Bonchev–Trinajstić information content (AvgIpc) is 3.12. The minimum Gasteiger partial charge on any atom is -0.337 e. The van der Waals surface area contributed by atoms with Crippen LogP contribution in [0, 0.1) is 0 Å². The Labute approximate surface area is 173 Å². The van der Waals surface area contributed by atoms with Crippen molar-refractivity contribution in [3.63, 3.8) is 0 Å². The van der Waals surface area contributed by atoms with Crippen molar-refractivity contribution in [2.24, 2.45) is 0 Å². The van der Waals surface area contributed by atoms with Crippen LogP contribution < -0.4 is 0 Å². The first-order valence-electron chi connectivity index (χ1n) is 9.98. The molecule has 0 fully saturated rings. The number of carbonyl (C=O) groups is 1. The summed E-state index contributed by atoms with van der Waals surface area (Å²) in [6.07, 6.45) is 7.36. The highest BCUT2D eigenvalue weighted by Crippen LogP contribution is 2.40. The summed E-state index contributed by atoms with van der Waals surface area (Å²) in [6.45, 7) is 3.53. The van der Waals surface area contributed by atoms with Crippen molar-refractivity contribution >= 4 is 39.2 Å².